The van der Waals surface area contributed by atoms with Crippen molar-refractivity contribution in [2.45, 2.75) is 66.4 Å². The Hall–Kier alpha value is -0.0800. The molecule has 0 aliphatic carbocycles. The van der Waals surface area contributed by atoms with E-state index >= 15 is 0 Å². The predicted octanol–water partition coefficient (Wildman–Crippen LogP) is 3.46. The minimum Gasteiger partial charge on any atom is -0.396 e. The number of aliphatic hydroxyl groups is 2. The van der Waals surface area contributed by atoms with Crippen molar-refractivity contribution in [2.24, 2.45) is 23.7 Å². The van der Waals surface area contributed by atoms with Gasteiger partial charge in [-0.15, -0.1) is 0 Å². The smallest absolute Gasteiger partial charge is 0.0543 e. The first-order valence-corrected chi connectivity index (χ1v) is 7.17. The zero-order chi connectivity index (χ0) is 13.4. The van der Waals surface area contributed by atoms with E-state index in [1.165, 1.54) is 0 Å². The molecule has 104 valence electrons. The minimum absolute atomic E-state index is 0.209. The van der Waals surface area contributed by atoms with Gasteiger partial charge in [-0.3, -0.25) is 0 Å². The summed E-state index contributed by atoms with van der Waals surface area (Å²) in [5, 5.41) is 19.4. The Kier molecular flexibility index (Phi) is 8.89. The Labute approximate surface area is 107 Å². The summed E-state index contributed by atoms with van der Waals surface area (Å²) in [7, 11) is 0. The van der Waals surface area contributed by atoms with Crippen molar-refractivity contribution in [3.63, 3.8) is 0 Å². The molecule has 0 heterocycles. The second-order valence-electron chi connectivity index (χ2n) is 6.29. The van der Waals surface area contributed by atoms with E-state index in [9.17, 15) is 10.2 Å². The molecule has 0 aromatic heterocycles. The van der Waals surface area contributed by atoms with Gasteiger partial charge in [0.2, 0.25) is 0 Å². The van der Waals surface area contributed by atoms with Crippen LogP contribution in [0.4, 0.5) is 0 Å². The fraction of sp³-hybridized carbons (Fsp3) is 1.00. The van der Waals surface area contributed by atoms with Crippen molar-refractivity contribution in [3.8, 4) is 0 Å². The lowest BCUT2D eigenvalue weighted by atomic mass is 9.80. The molecule has 0 aromatic rings. The zero-order valence-electron chi connectivity index (χ0n) is 12.3. The van der Waals surface area contributed by atoms with Gasteiger partial charge in [0.15, 0.2) is 0 Å². The predicted molar refractivity (Wildman–Crippen MR) is 73.9 cm³/mol. The minimum atomic E-state index is -0.307. The van der Waals surface area contributed by atoms with Crippen LogP contribution in [0.5, 0.6) is 0 Å². The van der Waals surface area contributed by atoms with Crippen LogP contribution in [-0.4, -0.2) is 22.9 Å². The first kappa shape index (κ1) is 16.9. The van der Waals surface area contributed by atoms with E-state index in [0.29, 0.717) is 11.8 Å². The highest BCUT2D eigenvalue weighted by atomic mass is 16.3. The van der Waals surface area contributed by atoms with E-state index in [2.05, 4.69) is 27.7 Å². The molecule has 3 atom stereocenters. The van der Waals surface area contributed by atoms with Gasteiger partial charge in [-0.2, -0.15) is 0 Å². The van der Waals surface area contributed by atoms with Gasteiger partial charge >= 0.3 is 0 Å². The van der Waals surface area contributed by atoms with Gasteiger partial charge in [0.1, 0.15) is 0 Å². The van der Waals surface area contributed by atoms with Crippen molar-refractivity contribution in [3.05, 3.63) is 0 Å². The lowest BCUT2D eigenvalue weighted by Crippen LogP contribution is -2.29. The first-order valence-electron chi connectivity index (χ1n) is 7.17. The summed E-state index contributed by atoms with van der Waals surface area (Å²) in [6.07, 6.45) is 4.02. The third kappa shape index (κ3) is 7.77. The third-order valence-electron chi connectivity index (χ3n) is 3.65. The Morgan fingerprint density at radius 3 is 1.59 bits per heavy atom. The molecule has 0 aromatic carbocycles. The molecule has 3 unspecified atom stereocenters. The Bertz CT molecular complexity index is 176. The lowest BCUT2D eigenvalue weighted by molar-refractivity contribution is 0.0458. The van der Waals surface area contributed by atoms with Crippen molar-refractivity contribution in [1.82, 2.24) is 0 Å². The molecule has 0 bridgehead atoms. The van der Waals surface area contributed by atoms with Crippen molar-refractivity contribution in [1.29, 1.82) is 0 Å². The molecule has 0 amide bonds. The maximum absolute atomic E-state index is 9.88. The molecule has 0 saturated carbocycles. The van der Waals surface area contributed by atoms with Crippen LogP contribution >= 0.6 is 0 Å². The molecular weight excluding hydrogens is 212 g/mol. The van der Waals surface area contributed by atoms with E-state index in [-0.39, 0.29) is 24.5 Å². The fourth-order valence-corrected chi connectivity index (χ4v) is 2.38. The third-order valence-corrected chi connectivity index (χ3v) is 3.65. The zero-order valence-corrected chi connectivity index (χ0v) is 12.3. The maximum Gasteiger partial charge on any atom is 0.0543 e. The highest BCUT2D eigenvalue weighted by Gasteiger charge is 2.25. The quantitative estimate of drug-likeness (QED) is 0.652. The highest BCUT2D eigenvalue weighted by Crippen LogP contribution is 2.28. The lowest BCUT2D eigenvalue weighted by Gasteiger charge is -2.29. The van der Waals surface area contributed by atoms with Gasteiger partial charge in [0.05, 0.1) is 6.10 Å². The summed E-state index contributed by atoms with van der Waals surface area (Å²) in [6.45, 7) is 10.9. The number of rotatable bonds is 9. The van der Waals surface area contributed by atoms with E-state index in [0.717, 1.165) is 25.7 Å². The van der Waals surface area contributed by atoms with Crippen molar-refractivity contribution in [2.75, 3.05) is 6.61 Å². The number of hydrogen-bond acceptors (Lipinski definition) is 2. The van der Waals surface area contributed by atoms with Crippen LogP contribution < -0.4 is 0 Å². The summed E-state index contributed by atoms with van der Waals surface area (Å²) in [4.78, 5) is 0. The molecule has 0 spiro atoms. The molecule has 2 heteroatoms. The summed E-state index contributed by atoms with van der Waals surface area (Å²) in [5.74, 6) is 1.85. The van der Waals surface area contributed by atoms with Crippen LogP contribution in [0.2, 0.25) is 0 Å². The Balaban J connectivity index is 4.30. The Morgan fingerprint density at radius 2 is 1.24 bits per heavy atom. The SMILES string of the molecule is CC(C)CCC(CO)C(CCC(C)C)C(C)O. The van der Waals surface area contributed by atoms with Crippen LogP contribution in [0.15, 0.2) is 0 Å². The van der Waals surface area contributed by atoms with Gasteiger partial charge in [0, 0.05) is 6.61 Å². The van der Waals surface area contributed by atoms with E-state index in [1.807, 2.05) is 6.92 Å². The Morgan fingerprint density at radius 1 is 0.765 bits per heavy atom. The van der Waals surface area contributed by atoms with Gasteiger partial charge in [-0.1, -0.05) is 40.5 Å². The first-order chi connectivity index (χ1) is 7.88. The number of hydrogen-bond donors (Lipinski definition) is 2. The summed E-state index contributed by atoms with van der Waals surface area (Å²) in [6, 6.07) is 0. The summed E-state index contributed by atoms with van der Waals surface area (Å²) < 4.78 is 0. The van der Waals surface area contributed by atoms with Gasteiger partial charge in [0.25, 0.3) is 0 Å². The van der Waals surface area contributed by atoms with Crippen LogP contribution in [0.1, 0.15) is 60.3 Å². The second kappa shape index (κ2) is 8.93. The molecule has 0 radical (unpaired) electrons. The van der Waals surface area contributed by atoms with Crippen LogP contribution in [0, 0.1) is 23.7 Å². The summed E-state index contributed by atoms with van der Waals surface area (Å²) in [5.41, 5.74) is 0. The van der Waals surface area contributed by atoms with Gasteiger partial charge in [-0.25, -0.2) is 0 Å². The topological polar surface area (TPSA) is 40.5 Å². The molecule has 0 fully saturated rings. The maximum atomic E-state index is 9.88. The average Bonchev–Trinajstić information content (AvgIpc) is 2.21. The molecule has 2 N–H and O–H groups in total. The van der Waals surface area contributed by atoms with E-state index < -0.39 is 0 Å². The van der Waals surface area contributed by atoms with Gasteiger partial charge in [-0.05, 0) is 43.4 Å². The number of aliphatic hydroxyl groups excluding tert-OH is 2. The van der Waals surface area contributed by atoms with Gasteiger partial charge < -0.3 is 10.2 Å². The molecule has 0 aliphatic heterocycles. The molecule has 0 saturated heterocycles. The van der Waals surface area contributed by atoms with Crippen molar-refractivity contribution < 1.29 is 10.2 Å². The van der Waals surface area contributed by atoms with Crippen LogP contribution in [-0.2, 0) is 0 Å². The van der Waals surface area contributed by atoms with E-state index in [4.69, 9.17) is 0 Å². The molecule has 0 rings (SSSR count). The van der Waals surface area contributed by atoms with E-state index in [1.54, 1.807) is 0 Å². The normalized spacial score (nSPS) is 17.5. The van der Waals surface area contributed by atoms with Crippen molar-refractivity contribution >= 4 is 0 Å². The largest absolute Gasteiger partial charge is 0.396 e. The summed E-state index contributed by atoms with van der Waals surface area (Å²) >= 11 is 0. The standard InChI is InChI=1S/C15H32O2/c1-11(2)6-8-14(10-16)15(13(5)17)9-7-12(3)4/h11-17H,6-10H2,1-5H3. The average molecular weight is 244 g/mol. The second-order valence-corrected chi connectivity index (χ2v) is 6.29. The highest BCUT2D eigenvalue weighted by molar-refractivity contribution is 4.75. The fourth-order valence-electron chi connectivity index (χ4n) is 2.38. The van der Waals surface area contributed by atoms with Crippen LogP contribution in [0.3, 0.4) is 0 Å². The molecule has 2 nitrogen and oxygen atoms in total. The monoisotopic (exact) mass is 244 g/mol. The molecule has 17 heavy (non-hydrogen) atoms. The molecule has 0 aliphatic rings. The molecular formula is C15H32O2. The van der Waals surface area contributed by atoms with Crippen LogP contribution in [0.25, 0.3) is 0 Å².